The predicted octanol–water partition coefficient (Wildman–Crippen LogP) is 5.73. The Morgan fingerprint density at radius 1 is 1.08 bits per heavy atom. The lowest BCUT2D eigenvalue weighted by molar-refractivity contribution is 0.0992. The monoisotopic (exact) mass is 375 g/mol. The molecule has 1 heterocycles. The van der Waals surface area contributed by atoms with E-state index >= 15 is 0 Å². The molecule has 0 aliphatic rings. The number of aryl methyl sites for hydroxylation is 1. The van der Waals surface area contributed by atoms with E-state index in [-0.39, 0.29) is 18.3 Å². The molecule has 3 aromatic rings. The Morgan fingerprint density at radius 2 is 1.88 bits per heavy atom. The molecule has 3 rings (SSSR count). The van der Waals surface area contributed by atoms with Crippen molar-refractivity contribution < 1.29 is 13.9 Å². The van der Waals surface area contributed by atoms with E-state index in [4.69, 9.17) is 32.4 Å². The molecule has 0 aliphatic carbocycles. The topological polar surface area (TPSA) is 51.5 Å². The Bertz CT molecular complexity index is 905. The minimum atomic E-state index is -0.348. The Morgan fingerprint density at radius 3 is 2.68 bits per heavy atom. The summed E-state index contributed by atoms with van der Waals surface area (Å²) < 4.78 is 11.1. The number of benzene rings is 2. The Balaban J connectivity index is 1.64. The van der Waals surface area contributed by atoms with Crippen LogP contribution in [0.4, 0.5) is 5.69 Å². The first-order valence-electron chi connectivity index (χ1n) is 7.56. The molecule has 0 unspecified atom stereocenters. The van der Waals surface area contributed by atoms with Gasteiger partial charge in [-0.05, 0) is 55.0 Å². The fourth-order valence-electron chi connectivity index (χ4n) is 2.20. The molecule has 0 radical (unpaired) electrons. The Kier molecular flexibility index (Phi) is 5.31. The first kappa shape index (κ1) is 17.4. The maximum absolute atomic E-state index is 12.3. The number of hydrogen-bond donors (Lipinski definition) is 1. The average Bonchev–Trinajstić information content (AvgIpc) is 3.05. The second-order valence-electron chi connectivity index (χ2n) is 5.43. The summed E-state index contributed by atoms with van der Waals surface area (Å²) in [5.74, 6) is 1.01. The van der Waals surface area contributed by atoms with Gasteiger partial charge in [-0.25, -0.2) is 0 Å². The van der Waals surface area contributed by atoms with Crippen molar-refractivity contribution in [2.75, 3.05) is 5.32 Å². The molecule has 1 N–H and O–H groups in total. The van der Waals surface area contributed by atoms with Gasteiger partial charge in [0.1, 0.15) is 18.1 Å². The average molecular weight is 376 g/mol. The summed E-state index contributed by atoms with van der Waals surface area (Å²) in [4.78, 5) is 12.3. The van der Waals surface area contributed by atoms with Gasteiger partial charge in [-0.1, -0.05) is 35.3 Å². The SMILES string of the molecule is Cc1ccc(Cl)cc1NC(=O)c1ccc(COc2cccc(Cl)c2)o1. The number of furan rings is 1. The van der Waals surface area contributed by atoms with Crippen LogP contribution in [0.1, 0.15) is 21.9 Å². The normalized spacial score (nSPS) is 10.5. The predicted molar refractivity (Wildman–Crippen MR) is 98.6 cm³/mol. The van der Waals surface area contributed by atoms with Crippen LogP contribution in [0.25, 0.3) is 0 Å². The molecule has 6 heteroatoms. The van der Waals surface area contributed by atoms with Crippen molar-refractivity contribution >= 4 is 34.8 Å². The molecule has 1 aromatic heterocycles. The number of hydrogen-bond acceptors (Lipinski definition) is 3. The smallest absolute Gasteiger partial charge is 0.291 e. The lowest BCUT2D eigenvalue weighted by atomic mass is 10.2. The summed E-state index contributed by atoms with van der Waals surface area (Å²) in [6, 6.07) is 15.7. The van der Waals surface area contributed by atoms with Crippen LogP contribution in [0.5, 0.6) is 5.75 Å². The van der Waals surface area contributed by atoms with E-state index in [0.29, 0.717) is 27.2 Å². The Hall–Kier alpha value is -2.43. The number of nitrogens with one attached hydrogen (secondary N) is 1. The molecular formula is C19H15Cl2NO3. The van der Waals surface area contributed by atoms with E-state index in [1.165, 1.54) is 0 Å². The van der Waals surface area contributed by atoms with E-state index in [1.807, 2.05) is 13.0 Å². The van der Waals surface area contributed by atoms with Gasteiger partial charge in [0.05, 0.1) is 0 Å². The van der Waals surface area contributed by atoms with E-state index in [9.17, 15) is 4.79 Å². The number of halogens is 2. The fraction of sp³-hybridized carbons (Fsp3) is 0.105. The van der Waals surface area contributed by atoms with E-state index in [1.54, 1.807) is 48.5 Å². The number of ether oxygens (including phenoxy) is 1. The van der Waals surface area contributed by atoms with E-state index in [0.717, 1.165) is 5.56 Å². The highest BCUT2D eigenvalue weighted by Crippen LogP contribution is 2.22. The van der Waals surface area contributed by atoms with Crippen LogP contribution in [-0.2, 0) is 6.61 Å². The fourth-order valence-corrected chi connectivity index (χ4v) is 2.55. The van der Waals surface area contributed by atoms with Crippen molar-refractivity contribution in [2.24, 2.45) is 0 Å². The molecule has 1 amide bonds. The first-order chi connectivity index (χ1) is 12.0. The minimum absolute atomic E-state index is 0.198. The zero-order valence-corrected chi connectivity index (χ0v) is 14.9. The molecule has 25 heavy (non-hydrogen) atoms. The van der Waals surface area contributed by atoms with Crippen LogP contribution in [0.15, 0.2) is 59.0 Å². The largest absolute Gasteiger partial charge is 0.486 e. The highest BCUT2D eigenvalue weighted by Gasteiger charge is 2.13. The number of rotatable bonds is 5. The van der Waals surface area contributed by atoms with Crippen LogP contribution in [0.3, 0.4) is 0 Å². The van der Waals surface area contributed by atoms with Gasteiger partial charge in [-0.15, -0.1) is 0 Å². The second-order valence-corrected chi connectivity index (χ2v) is 6.30. The quantitative estimate of drug-likeness (QED) is 0.619. The van der Waals surface area contributed by atoms with Crippen molar-refractivity contribution in [3.63, 3.8) is 0 Å². The maximum Gasteiger partial charge on any atom is 0.291 e. The van der Waals surface area contributed by atoms with Gasteiger partial charge in [0.25, 0.3) is 5.91 Å². The van der Waals surface area contributed by atoms with Crippen LogP contribution in [-0.4, -0.2) is 5.91 Å². The van der Waals surface area contributed by atoms with Gasteiger partial charge in [0.2, 0.25) is 0 Å². The van der Waals surface area contributed by atoms with Crippen molar-refractivity contribution in [3.8, 4) is 5.75 Å². The first-order valence-corrected chi connectivity index (χ1v) is 8.31. The third-order valence-electron chi connectivity index (χ3n) is 3.51. The molecule has 0 aliphatic heterocycles. The molecule has 0 fully saturated rings. The molecule has 2 aromatic carbocycles. The van der Waals surface area contributed by atoms with Gasteiger partial charge in [-0.3, -0.25) is 4.79 Å². The van der Waals surface area contributed by atoms with E-state index < -0.39 is 0 Å². The van der Waals surface area contributed by atoms with Crippen molar-refractivity contribution in [1.29, 1.82) is 0 Å². The molecule has 0 bridgehead atoms. The minimum Gasteiger partial charge on any atom is -0.486 e. The molecule has 0 atom stereocenters. The van der Waals surface area contributed by atoms with Gasteiger partial charge in [0, 0.05) is 15.7 Å². The maximum atomic E-state index is 12.3. The number of anilines is 1. The van der Waals surface area contributed by atoms with E-state index in [2.05, 4.69) is 5.32 Å². The zero-order chi connectivity index (χ0) is 17.8. The lowest BCUT2D eigenvalue weighted by Gasteiger charge is -2.07. The van der Waals surface area contributed by atoms with Gasteiger partial charge in [0.15, 0.2) is 5.76 Å². The van der Waals surface area contributed by atoms with Crippen LogP contribution in [0, 0.1) is 6.92 Å². The van der Waals surface area contributed by atoms with Gasteiger partial charge in [-0.2, -0.15) is 0 Å². The summed E-state index contributed by atoms with van der Waals surface area (Å²) in [6.07, 6.45) is 0. The molecule has 128 valence electrons. The highest BCUT2D eigenvalue weighted by molar-refractivity contribution is 6.31. The summed E-state index contributed by atoms with van der Waals surface area (Å²) in [5, 5.41) is 3.93. The van der Waals surface area contributed by atoms with Gasteiger partial charge < -0.3 is 14.5 Å². The van der Waals surface area contributed by atoms with Crippen molar-refractivity contribution in [3.05, 3.63) is 81.7 Å². The third kappa shape index (κ3) is 4.56. The third-order valence-corrected chi connectivity index (χ3v) is 3.98. The van der Waals surface area contributed by atoms with Gasteiger partial charge >= 0.3 is 0 Å². The van der Waals surface area contributed by atoms with Crippen molar-refractivity contribution in [1.82, 2.24) is 0 Å². The summed E-state index contributed by atoms with van der Waals surface area (Å²) in [7, 11) is 0. The lowest BCUT2D eigenvalue weighted by Crippen LogP contribution is -2.11. The summed E-state index contributed by atoms with van der Waals surface area (Å²) in [5.41, 5.74) is 1.56. The molecule has 0 saturated heterocycles. The molecule has 0 saturated carbocycles. The van der Waals surface area contributed by atoms with Crippen LogP contribution >= 0.6 is 23.2 Å². The molecule has 4 nitrogen and oxygen atoms in total. The number of carbonyl (C=O) groups excluding carboxylic acids is 1. The van der Waals surface area contributed by atoms with Crippen LogP contribution in [0.2, 0.25) is 10.0 Å². The highest BCUT2D eigenvalue weighted by atomic mass is 35.5. The molecule has 0 spiro atoms. The summed E-state index contributed by atoms with van der Waals surface area (Å²) >= 11 is 11.9. The second kappa shape index (κ2) is 7.64. The summed E-state index contributed by atoms with van der Waals surface area (Å²) in [6.45, 7) is 2.09. The number of amides is 1. The number of carbonyl (C=O) groups is 1. The van der Waals surface area contributed by atoms with Crippen molar-refractivity contribution in [2.45, 2.75) is 13.5 Å². The molecular weight excluding hydrogens is 361 g/mol. The standard InChI is InChI=1S/C19H15Cl2NO3/c1-12-5-6-14(21)10-17(12)22-19(23)18-8-7-16(25-18)11-24-15-4-2-3-13(20)9-15/h2-10H,11H2,1H3,(H,22,23). The Labute approximate surface area is 155 Å². The zero-order valence-electron chi connectivity index (χ0n) is 13.4. The van der Waals surface area contributed by atoms with Crippen LogP contribution < -0.4 is 10.1 Å².